The molecule has 4 rings (SSSR count). The van der Waals surface area contributed by atoms with E-state index >= 15 is 0 Å². The molecule has 2 aliphatic heterocycles. The largest absolute Gasteiger partial charge is 0.456 e. The molecule has 0 saturated carbocycles. The Balaban J connectivity index is 1.90. The number of ether oxygens (including phenoxy) is 1. The van der Waals surface area contributed by atoms with Crippen molar-refractivity contribution in [1.29, 1.82) is 0 Å². The van der Waals surface area contributed by atoms with Crippen LogP contribution in [0.5, 0.6) is 5.75 Å². The van der Waals surface area contributed by atoms with Gasteiger partial charge < -0.3 is 9.53 Å². The monoisotopic (exact) mass is 348 g/mol. The molecule has 2 aromatic carbocycles. The van der Waals surface area contributed by atoms with Crippen LogP contribution in [0.4, 0.5) is 0 Å². The number of fused-ring (bicyclic) bond motifs is 1. The Labute approximate surface area is 150 Å². The standard InChI is InChI=1S/C22H20O2S/c1-2-16-9-11-17(12-10-16)21-22(25-13-5-6-14-25)19(15-23)18-7-3-4-8-20(18)24-21/h3-15,19,25H,2H2,1H3. The number of para-hydroxylation sites is 1. The number of benzene rings is 2. The van der Waals surface area contributed by atoms with Crippen LogP contribution in [-0.2, 0) is 11.2 Å². The Bertz CT molecular complexity index is 878. The number of carbonyl (C=O) groups is 1. The molecule has 3 heteroatoms. The molecule has 2 nitrogen and oxygen atoms in total. The molecule has 0 N–H and O–H groups in total. The number of thiol groups is 1. The van der Waals surface area contributed by atoms with E-state index in [9.17, 15) is 4.79 Å². The molecule has 0 fully saturated rings. The van der Waals surface area contributed by atoms with Crippen molar-refractivity contribution < 1.29 is 9.53 Å². The van der Waals surface area contributed by atoms with Crippen molar-refractivity contribution in [3.63, 3.8) is 0 Å². The van der Waals surface area contributed by atoms with Crippen molar-refractivity contribution in [2.75, 3.05) is 0 Å². The Kier molecular flexibility index (Phi) is 4.33. The fourth-order valence-electron chi connectivity index (χ4n) is 3.29. The van der Waals surface area contributed by atoms with E-state index in [2.05, 4.69) is 54.2 Å². The molecule has 25 heavy (non-hydrogen) atoms. The number of allylic oxidation sites excluding steroid dienone is 3. The summed E-state index contributed by atoms with van der Waals surface area (Å²) in [5.41, 5.74) is 3.28. The van der Waals surface area contributed by atoms with Gasteiger partial charge in [-0.2, -0.15) is 10.9 Å². The van der Waals surface area contributed by atoms with Crippen LogP contribution < -0.4 is 4.74 Å². The van der Waals surface area contributed by atoms with E-state index in [4.69, 9.17) is 4.74 Å². The molecule has 1 unspecified atom stereocenters. The highest BCUT2D eigenvalue weighted by Gasteiger charge is 2.32. The summed E-state index contributed by atoms with van der Waals surface area (Å²) in [4.78, 5) is 13.1. The fourth-order valence-corrected chi connectivity index (χ4v) is 5.21. The lowest BCUT2D eigenvalue weighted by atomic mass is 9.94. The summed E-state index contributed by atoms with van der Waals surface area (Å²) in [7, 11) is -0.645. The predicted molar refractivity (Wildman–Crippen MR) is 106 cm³/mol. The van der Waals surface area contributed by atoms with Gasteiger partial charge in [0.05, 0.1) is 5.92 Å². The molecule has 0 aromatic heterocycles. The minimum Gasteiger partial charge on any atom is -0.456 e. The molecule has 0 spiro atoms. The second-order valence-electron chi connectivity index (χ2n) is 6.11. The van der Waals surface area contributed by atoms with E-state index in [1.807, 2.05) is 24.3 Å². The van der Waals surface area contributed by atoms with Crippen molar-refractivity contribution in [2.24, 2.45) is 0 Å². The van der Waals surface area contributed by atoms with E-state index in [-0.39, 0.29) is 5.92 Å². The molecule has 0 aliphatic carbocycles. The number of carbonyl (C=O) groups excluding carboxylic acids is 1. The quantitative estimate of drug-likeness (QED) is 0.597. The van der Waals surface area contributed by atoms with Crippen LogP contribution in [0.25, 0.3) is 5.76 Å². The van der Waals surface area contributed by atoms with Crippen molar-refractivity contribution in [2.45, 2.75) is 19.3 Å². The van der Waals surface area contributed by atoms with Crippen molar-refractivity contribution in [3.05, 3.63) is 93.1 Å². The lowest BCUT2D eigenvalue weighted by Crippen LogP contribution is -2.16. The molecule has 2 heterocycles. The Morgan fingerprint density at radius 2 is 1.76 bits per heavy atom. The molecule has 0 saturated heterocycles. The van der Waals surface area contributed by atoms with Gasteiger partial charge in [0.25, 0.3) is 0 Å². The zero-order chi connectivity index (χ0) is 17.2. The molecule has 2 aliphatic rings. The molecule has 0 bridgehead atoms. The Morgan fingerprint density at radius 3 is 2.44 bits per heavy atom. The Morgan fingerprint density at radius 1 is 1.04 bits per heavy atom. The molecule has 126 valence electrons. The molecule has 1 atom stereocenters. The van der Waals surface area contributed by atoms with Crippen LogP contribution in [0.15, 0.2) is 76.4 Å². The van der Waals surface area contributed by atoms with Gasteiger partial charge >= 0.3 is 0 Å². The first-order valence-electron chi connectivity index (χ1n) is 8.50. The molecule has 0 amide bonds. The summed E-state index contributed by atoms with van der Waals surface area (Å²) in [6.07, 6.45) is 6.17. The summed E-state index contributed by atoms with van der Waals surface area (Å²) < 4.78 is 6.32. The number of hydrogen-bond donors (Lipinski definition) is 1. The number of aryl methyl sites for hydroxylation is 1. The fraction of sp³-hybridized carbons (Fsp3) is 0.136. The third kappa shape index (κ3) is 2.85. The smallest absolute Gasteiger partial charge is 0.144 e. The predicted octanol–water partition coefficient (Wildman–Crippen LogP) is 5.33. The molecule has 0 radical (unpaired) electrons. The average molecular weight is 348 g/mol. The minimum atomic E-state index is -0.645. The van der Waals surface area contributed by atoms with Crippen molar-refractivity contribution in [1.82, 2.24) is 0 Å². The third-order valence-electron chi connectivity index (χ3n) is 4.64. The topological polar surface area (TPSA) is 26.3 Å². The summed E-state index contributed by atoms with van der Waals surface area (Å²) in [5, 5.41) is 4.36. The van der Waals surface area contributed by atoms with Crippen LogP contribution in [0.2, 0.25) is 0 Å². The minimum absolute atomic E-state index is 0.260. The van der Waals surface area contributed by atoms with Gasteiger partial charge in [-0.25, -0.2) is 0 Å². The molecular formula is C22H20O2S. The summed E-state index contributed by atoms with van der Waals surface area (Å²) >= 11 is 0. The SMILES string of the molecule is CCc1ccc(C2=C([SH]3C=CC=C3)C(C=O)c3ccccc3O2)cc1. The van der Waals surface area contributed by atoms with E-state index < -0.39 is 10.9 Å². The lowest BCUT2D eigenvalue weighted by Gasteiger charge is -2.31. The maximum atomic E-state index is 12.0. The first kappa shape index (κ1) is 16.0. The van der Waals surface area contributed by atoms with Gasteiger partial charge in [-0.3, -0.25) is 0 Å². The van der Waals surface area contributed by atoms with Crippen molar-refractivity contribution >= 4 is 22.9 Å². The second kappa shape index (κ2) is 6.77. The second-order valence-corrected chi connectivity index (χ2v) is 8.00. The van der Waals surface area contributed by atoms with Gasteiger partial charge in [0, 0.05) is 16.0 Å². The van der Waals surface area contributed by atoms with Crippen LogP contribution in [-0.4, -0.2) is 6.29 Å². The van der Waals surface area contributed by atoms with Gasteiger partial charge in [-0.05, 0) is 28.9 Å². The van der Waals surface area contributed by atoms with E-state index in [1.165, 1.54) is 5.56 Å². The first-order valence-corrected chi connectivity index (χ1v) is 9.98. The first-order chi connectivity index (χ1) is 12.3. The number of rotatable bonds is 4. The number of hydrogen-bond acceptors (Lipinski definition) is 2. The highest BCUT2D eigenvalue weighted by atomic mass is 32.2. The summed E-state index contributed by atoms with van der Waals surface area (Å²) in [6, 6.07) is 16.3. The maximum absolute atomic E-state index is 12.0. The van der Waals surface area contributed by atoms with Crippen LogP contribution in [0.3, 0.4) is 0 Å². The molecular weight excluding hydrogens is 328 g/mol. The van der Waals surface area contributed by atoms with Gasteiger partial charge in [0.1, 0.15) is 17.8 Å². The average Bonchev–Trinajstić information content (AvgIpc) is 3.21. The van der Waals surface area contributed by atoms with Gasteiger partial charge in [-0.15, -0.1) is 0 Å². The van der Waals surface area contributed by atoms with Crippen LogP contribution in [0, 0.1) is 0 Å². The lowest BCUT2D eigenvalue weighted by molar-refractivity contribution is -0.108. The van der Waals surface area contributed by atoms with Crippen LogP contribution in [0.1, 0.15) is 29.5 Å². The van der Waals surface area contributed by atoms with E-state index in [0.29, 0.717) is 0 Å². The third-order valence-corrected chi connectivity index (χ3v) is 6.66. The van der Waals surface area contributed by atoms with Crippen LogP contribution >= 0.6 is 10.9 Å². The summed E-state index contributed by atoms with van der Waals surface area (Å²) in [5.74, 6) is 1.35. The van der Waals surface area contributed by atoms with Gasteiger partial charge in [0.15, 0.2) is 0 Å². The number of aldehydes is 1. The van der Waals surface area contributed by atoms with Gasteiger partial charge in [-0.1, -0.05) is 61.5 Å². The van der Waals surface area contributed by atoms with E-state index in [0.717, 1.165) is 40.2 Å². The zero-order valence-electron chi connectivity index (χ0n) is 14.1. The van der Waals surface area contributed by atoms with Crippen molar-refractivity contribution in [3.8, 4) is 5.75 Å². The highest BCUT2D eigenvalue weighted by molar-refractivity contribution is 8.25. The normalized spacial score (nSPS) is 19.7. The van der Waals surface area contributed by atoms with Gasteiger partial charge in [0.2, 0.25) is 0 Å². The zero-order valence-corrected chi connectivity index (χ0v) is 14.9. The Hall–Kier alpha value is -2.52. The highest BCUT2D eigenvalue weighted by Crippen LogP contribution is 2.54. The molecule has 2 aromatic rings. The summed E-state index contributed by atoms with van der Waals surface area (Å²) in [6.45, 7) is 2.15. The van der Waals surface area contributed by atoms with E-state index in [1.54, 1.807) is 0 Å². The maximum Gasteiger partial charge on any atom is 0.144 e.